The molecule has 0 aliphatic heterocycles. The Morgan fingerprint density at radius 2 is 1.68 bits per heavy atom. The molecule has 0 heterocycles. The maximum absolute atomic E-state index is 5.78. The van der Waals surface area contributed by atoms with E-state index in [9.17, 15) is 0 Å². The lowest BCUT2D eigenvalue weighted by molar-refractivity contribution is 0.214. The minimum Gasteiger partial charge on any atom is -0.485 e. The van der Waals surface area contributed by atoms with Crippen LogP contribution in [0.15, 0.2) is 24.3 Å². The first kappa shape index (κ1) is 19.1. The van der Waals surface area contributed by atoms with E-state index in [1.165, 1.54) is 11.1 Å². The van der Waals surface area contributed by atoms with Crippen LogP contribution in [0.25, 0.3) is 0 Å². The molecule has 0 unspecified atom stereocenters. The van der Waals surface area contributed by atoms with E-state index in [0.717, 1.165) is 26.1 Å². The number of hydrogen-bond acceptors (Lipinski definition) is 3. The Bertz CT molecular complexity index is 437. The molecule has 0 aliphatic rings. The van der Waals surface area contributed by atoms with Crippen molar-refractivity contribution < 1.29 is 4.74 Å². The molecule has 0 bridgehead atoms. The maximum Gasteiger partial charge on any atom is 0.166 e. The lowest BCUT2D eigenvalue weighted by atomic mass is 9.97. The topological polar surface area (TPSA) is 12.5 Å². The molecule has 22 heavy (non-hydrogen) atoms. The van der Waals surface area contributed by atoms with E-state index in [-0.39, 0.29) is 5.92 Å². The van der Waals surface area contributed by atoms with Gasteiger partial charge < -0.3 is 9.64 Å². The van der Waals surface area contributed by atoms with E-state index < -0.39 is 0 Å². The molecule has 0 amide bonds. The first-order valence-corrected chi connectivity index (χ1v) is 8.86. The molecule has 2 nitrogen and oxygen atoms in total. The highest BCUT2D eigenvalue weighted by Gasteiger charge is 2.13. The van der Waals surface area contributed by atoms with Crippen molar-refractivity contribution in [3.63, 3.8) is 0 Å². The lowest BCUT2D eigenvalue weighted by Gasteiger charge is -2.20. The van der Waals surface area contributed by atoms with Gasteiger partial charge in [-0.15, -0.1) is 0 Å². The fourth-order valence-corrected chi connectivity index (χ4v) is 2.71. The van der Waals surface area contributed by atoms with Crippen LogP contribution in [0.1, 0.15) is 51.7 Å². The van der Waals surface area contributed by atoms with Crippen molar-refractivity contribution in [1.82, 2.24) is 4.90 Å². The van der Waals surface area contributed by atoms with Crippen molar-refractivity contribution in [1.29, 1.82) is 0 Å². The molecule has 0 fully saturated rings. The van der Waals surface area contributed by atoms with Gasteiger partial charge >= 0.3 is 0 Å². The van der Waals surface area contributed by atoms with E-state index in [2.05, 4.69) is 63.8 Å². The minimum absolute atomic E-state index is 0.166. The molecule has 1 aromatic carbocycles. The van der Waals surface area contributed by atoms with Crippen LogP contribution in [0.2, 0.25) is 0 Å². The molecule has 0 radical (unpaired) electrons. The average Bonchev–Trinajstić information content (AvgIpc) is 2.51. The molecular formula is C19H31NOS. The molecule has 1 rings (SSSR count). The predicted octanol–water partition coefficient (Wildman–Crippen LogP) is 4.67. The van der Waals surface area contributed by atoms with Crippen LogP contribution in [-0.2, 0) is 11.2 Å². The van der Waals surface area contributed by atoms with Crippen LogP contribution >= 0.6 is 12.2 Å². The summed E-state index contributed by atoms with van der Waals surface area (Å²) in [6.07, 6.45) is 1.12. The van der Waals surface area contributed by atoms with Gasteiger partial charge in [0.1, 0.15) is 6.61 Å². The Morgan fingerprint density at radius 1 is 1.09 bits per heavy atom. The molecule has 0 saturated heterocycles. The largest absolute Gasteiger partial charge is 0.485 e. The molecule has 0 saturated carbocycles. The van der Waals surface area contributed by atoms with Crippen LogP contribution in [0.5, 0.6) is 0 Å². The van der Waals surface area contributed by atoms with Crippen molar-refractivity contribution in [3.05, 3.63) is 35.4 Å². The van der Waals surface area contributed by atoms with Crippen LogP contribution in [0.4, 0.5) is 0 Å². The van der Waals surface area contributed by atoms with Gasteiger partial charge in [0.05, 0.1) is 0 Å². The van der Waals surface area contributed by atoms with Crippen LogP contribution in [0, 0.1) is 5.92 Å². The van der Waals surface area contributed by atoms with Crippen LogP contribution in [0.3, 0.4) is 0 Å². The second kappa shape index (κ2) is 9.96. The summed E-state index contributed by atoms with van der Waals surface area (Å²) in [5.74, 6) is 0.854. The number of benzene rings is 1. The summed E-state index contributed by atoms with van der Waals surface area (Å²) in [5, 5.41) is 0.698. The zero-order valence-corrected chi connectivity index (χ0v) is 15.6. The van der Waals surface area contributed by atoms with Gasteiger partial charge in [0, 0.05) is 12.5 Å². The van der Waals surface area contributed by atoms with Crippen molar-refractivity contribution in [2.75, 3.05) is 26.2 Å². The molecule has 3 heteroatoms. The summed E-state index contributed by atoms with van der Waals surface area (Å²) in [6.45, 7) is 14.7. The number of nitrogens with zero attached hydrogens (tertiary/aromatic N) is 1. The van der Waals surface area contributed by atoms with E-state index in [1.54, 1.807) is 0 Å². The highest BCUT2D eigenvalue weighted by atomic mass is 32.1. The fourth-order valence-electron chi connectivity index (χ4n) is 2.49. The zero-order chi connectivity index (χ0) is 16.5. The second-order valence-corrected chi connectivity index (χ2v) is 6.66. The summed E-state index contributed by atoms with van der Waals surface area (Å²) in [7, 11) is 0. The Labute approximate surface area is 141 Å². The van der Waals surface area contributed by atoms with Crippen LogP contribution in [-0.4, -0.2) is 36.2 Å². The third-order valence-corrected chi connectivity index (χ3v) is 4.49. The standard InChI is InChI=1S/C19H31NOS/c1-6-20(7-2)12-13-21-19(22)16(5)18-10-8-17(9-11-18)14-15(3)4/h8-11,15-16H,6-7,12-14H2,1-5H3/t16-/m0/s1. The van der Waals surface area contributed by atoms with E-state index in [4.69, 9.17) is 17.0 Å². The van der Waals surface area contributed by atoms with E-state index >= 15 is 0 Å². The molecular weight excluding hydrogens is 290 g/mol. The Kier molecular flexibility index (Phi) is 8.66. The predicted molar refractivity (Wildman–Crippen MR) is 99.7 cm³/mol. The number of rotatable bonds is 9. The van der Waals surface area contributed by atoms with Gasteiger partial charge in [0.2, 0.25) is 0 Å². The molecule has 0 N–H and O–H groups in total. The number of likely N-dealkylation sites (N-methyl/N-ethyl adjacent to an activating group) is 1. The molecule has 0 aliphatic carbocycles. The van der Waals surface area contributed by atoms with Crippen molar-refractivity contribution >= 4 is 17.3 Å². The van der Waals surface area contributed by atoms with Gasteiger partial charge in [-0.25, -0.2) is 0 Å². The van der Waals surface area contributed by atoms with Crippen molar-refractivity contribution in [2.24, 2.45) is 5.92 Å². The smallest absolute Gasteiger partial charge is 0.166 e. The Hall–Kier alpha value is -0.930. The number of hydrogen-bond donors (Lipinski definition) is 0. The minimum atomic E-state index is 0.166. The third-order valence-electron chi connectivity index (χ3n) is 4.02. The fraction of sp³-hybridized carbons (Fsp3) is 0.632. The average molecular weight is 322 g/mol. The SMILES string of the molecule is CCN(CC)CCOC(=S)[C@@H](C)c1ccc(CC(C)C)cc1. The first-order valence-electron chi connectivity index (χ1n) is 8.45. The van der Waals surface area contributed by atoms with Gasteiger partial charge in [-0.3, -0.25) is 0 Å². The highest BCUT2D eigenvalue weighted by molar-refractivity contribution is 7.80. The molecule has 1 atom stereocenters. The molecule has 0 spiro atoms. The van der Waals surface area contributed by atoms with Gasteiger partial charge in [-0.1, -0.05) is 58.9 Å². The van der Waals surface area contributed by atoms with Crippen LogP contribution < -0.4 is 0 Å². The van der Waals surface area contributed by atoms with E-state index in [1.807, 2.05) is 0 Å². The normalized spacial score (nSPS) is 12.7. The second-order valence-electron chi connectivity index (χ2n) is 6.26. The van der Waals surface area contributed by atoms with Gasteiger partial charge in [-0.2, -0.15) is 0 Å². The molecule has 1 aromatic rings. The number of ether oxygens (including phenoxy) is 1. The first-order chi connectivity index (χ1) is 10.5. The Morgan fingerprint density at radius 3 is 2.18 bits per heavy atom. The summed E-state index contributed by atoms with van der Waals surface area (Å²) >= 11 is 5.45. The van der Waals surface area contributed by atoms with Gasteiger partial charge in [0.15, 0.2) is 5.05 Å². The van der Waals surface area contributed by atoms with Gasteiger partial charge in [0.25, 0.3) is 0 Å². The molecule has 0 aromatic heterocycles. The maximum atomic E-state index is 5.78. The van der Waals surface area contributed by atoms with Crippen molar-refractivity contribution in [3.8, 4) is 0 Å². The summed E-state index contributed by atoms with van der Waals surface area (Å²) in [5.41, 5.74) is 2.62. The summed E-state index contributed by atoms with van der Waals surface area (Å²) in [6, 6.07) is 8.79. The van der Waals surface area contributed by atoms with E-state index in [0.29, 0.717) is 17.6 Å². The third kappa shape index (κ3) is 6.45. The quantitative estimate of drug-likeness (QED) is 0.613. The lowest BCUT2D eigenvalue weighted by Crippen LogP contribution is -2.28. The highest BCUT2D eigenvalue weighted by Crippen LogP contribution is 2.19. The van der Waals surface area contributed by atoms with Gasteiger partial charge in [-0.05, 0) is 48.8 Å². The Balaban J connectivity index is 2.48. The van der Waals surface area contributed by atoms with Crippen molar-refractivity contribution in [2.45, 2.75) is 47.0 Å². The monoisotopic (exact) mass is 321 g/mol. The molecule has 124 valence electrons. The zero-order valence-electron chi connectivity index (χ0n) is 14.8. The summed E-state index contributed by atoms with van der Waals surface area (Å²) in [4.78, 5) is 2.34. The summed E-state index contributed by atoms with van der Waals surface area (Å²) < 4.78 is 5.78. The number of thiocarbonyl (C=S) groups is 1.